The first kappa shape index (κ1) is 10.7. The summed E-state index contributed by atoms with van der Waals surface area (Å²) in [5.74, 6) is 0.576. The summed E-state index contributed by atoms with van der Waals surface area (Å²) < 4.78 is 0. The molecule has 0 aliphatic heterocycles. The Bertz CT molecular complexity index is 130. The van der Waals surface area contributed by atoms with Gasteiger partial charge < -0.3 is 0 Å². The molecule has 66 valence electrons. The minimum absolute atomic E-state index is 0.141. The van der Waals surface area contributed by atoms with Crippen molar-refractivity contribution in [1.82, 2.24) is 0 Å². The Kier molecular flexibility index (Phi) is 3.77. The van der Waals surface area contributed by atoms with Gasteiger partial charge in [-0.25, -0.2) is 0 Å². The standard InChI is InChI=1S/C10H20O/c1-6-7-9(8(2)11)10(3,4)5/h9H,6-7H2,1-5H3/t9-/m1/s1. The lowest BCUT2D eigenvalue weighted by molar-refractivity contribution is -0.124. The average Bonchev–Trinajstić information content (AvgIpc) is 1.79. The second-order valence-electron chi connectivity index (χ2n) is 4.32. The first-order chi connectivity index (χ1) is 4.89. The summed E-state index contributed by atoms with van der Waals surface area (Å²) in [4.78, 5) is 11.2. The van der Waals surface area contributed by atoms with E-state index < -0.39 is 0 Å². The zero-order chi connectivity index (χ0) is 9.07. The second-order valence-corrected chi connectivity index (χ2v) is 4.32. The van der Waals surface area contributed by atoms with Gasteiger partial charge in [0, 0.05) is 5.92 Å². The fourth-order valence-electron chi connectivity index (χ4n) is 1.53. The number of hydrogen-bond acceptors (Lipinski definition) is 1. The van der Waals surface area contributed by atoms with Crippen molar-refractivity contribution in [3.8, 4) is 0 Å². The van der Waals surface area contributed by atoms with Gasteiger partial charge in [-0.15, -0.1) is 0 Å². The summed E-state index contributed by atoms with van der Waals surface area (Å²) in [6, 6.07) is 0. The number of ketones is 1. The van der Waals surface area contributed by atoms with Crippen molar-refractivity contribution in [2.24, 2.45) is 11.3 Å². The van der Waals surface area contributed by atoms with Gasteiger partial charge >= 0.3 is 0 Å². The van der Waals surface area contributed by atoms with E-state index in [-0.39, 0.29) is 11.3 Å². The van der Waals surface area contributed by atoms with E-state index in [1.807, 2.05) is 0 Å². The monoisotopic (exact) mass is 156 g/mol. The van der Waals surface area contributed by atoms with E-state index in [0.29, 0.717) is 5.78 Å². The molecule has 1 heteroatoms. The molecule has 0 bridgehead atoms. The van der Waals surface area contributed by atoms with Crippen molar-refractivity contribution in [3.05, 3.63) is 0 Å². The molecule has 0 amide bonds. The maximum atomic E-state index is 11.2. The van der Waals surface area contributed by atoms with Crippen molar-refractivity contribution in [3.63, 3.8) is 0 Å². The molecule has 0 aromatic carbocycles. The molecule has 0 radical (unpaired) electrons. The Morgan fingerprint density at radius 2 is 1.82 bits per heavy atom. The van der Waals surface area contributed by atoms with Gasteiger partial charge in [0.05, 0.1) is 0 Å². The third kappa shape index (κ3) is 3.54. The maximum absolute atomic E-state index is 11.2. The Labute approximate surface area is 70.2 Å². The molecule has 0 saturated carbocycles. The van der Waals surface area contributed by atoms with E-state index in [1.54, 1.807) is 6.92 Å². The fraction of sp³-hybridized carbons (Fsp3) is 0.900. The van der Waals surface area contributed by atoms with Crippen molar-refractivity contribution < 1.29 is 4.79 Å². The number of Topliss-reactive ketones (excluding diaryl/α,β-unsaturated/α-hetero) is 1. The molecular formula is C10H20O. The van der Waals surface area contributed by atoms with Crippen LogP contribution in [-0.4, -0.2) is 5.78 Å². The molecule has 0 fully saturated rings. The second kappa shape index (κ2) is 3.89. The topological polar surface area (TPSA) is 17.1 Å². The van der Waals surface area contributed by atoms with Crippen LogP contribution in [0.1, 0.15) is 47.5 Å². The molecule has 0 aliphatic carbocycles. The minimum Gasteiger partial charge on any atom is -0.300 e. The Hall–Kier alpha value is -0.330. The predicted molar refractivity (Wildman–Crippen MR) is 48.5 cm³/mol. The van der Waals surface area contributed by atoms with Crippen LogP contribution >= 0.6 is 0 Å². The minimum atomic E-state index is 0.141. The zero-order valence-corrected chi connectivity index (χ0v) is 8.40. The van der Waals surface area contributed by atoms with Crippen LogP contribution < -0.4 is 0 Å². The van der Waals surface area contributed by atoms with Gasteiger partial charge in [0.2, 0.25) is 0 Å². The molecular weight excluding hydrogens is 136 g/mol. The number of rotatable bonds is 3. The fourth-order valence-corrected chi connectivity index (χ4v) is 1.53. The largest absolute Gasteiger partial charge is 0.300 e. The first-order valence-corrected chi connectivity index (χ1v) is 4.40. The molecule has 1 atom stereocenters. The molecule has 11 heavy (non-hydrogen) atoms. The third-order valence-corrected chi connectivity index (χ3v) is 2.11. The van der Waals surface area contributed by atoms with E-state index in [4.69, 9.17) is 0 Å². The smallest absolute Gasteiger partial charge is 0.133 e. The highest BCUT2D eigenvalue weighted by Crippen LogP contribution is 2.30. The molecule has 0 spiro atoms. The van der Waals surface area contributed by atoms with E-state index >= 15 is 0 Å². The quantitative estimate of drug-likeness (QED) is 0.614. The van der Waals surface area contributed by atoms with Crippen LogP contribution in [-0.2, 0) is 4.79 Å². The van der Waals surface area contributed by atoms with E-state index in [2.05, 4.69) is 27.7 Å². The zero-order valence-electron chi connectivity index (χ0n) is 8.40. The summed E-state index contributed by atoms with van der Waals surface area (Å²) in [5.41, 5.74) is 0.141. The predicted octanol–water partition coefficient (Wildman–Crippen LogP) is 3.04. The Balaban J connectivity index is 4.22. The van der Waals surface area contributed by atoms with Gasteiger partial charge in [-0.1, -0.05) is 34.1 Å². The van der Waals surface area contributed by atoms with E-state index in [1.165, 1.54) is 0 Å². The lowest BCUT2D eigenvalue weighted by Gasteiger charge is -2.28. The Morgan fingerprint density at radius 1 is 1.36 bits per heavy atom. The number of carbonyl (C=O) groups excluding carboxylic acids is 1. The molecule has 0 heterocycles. The van der Waals surface area contributed by atoms with Crippen LogP contribution in [0.3, 0.4) is 0 Å². The molecule has 0 aromatic heterocycles. The van der Waals surface area contributed by atoms with Crippen molar-refractivity contribution >= 4 is 5.78 Å². The number of hydrogen-bond donors (Lipinski definition) is 0. The van der Waals surface area contributed by atoms with Crippen LogP contribution in [0.4, 0.5) is 0 Å². The molecule has 0 saturated heterocycles. The lowest BCUT2D eigenvalue weighted by atomic mass is 9.76. The lowest BCUT2D eigenvalue weighted by Crippen LogP contribution is -2.26. The van der Waals surface area contributed by atoms with Gasteiger partial charge in [0.25, 0.3) is 0 Å². The molecule has 1 nitrogen and oxygen atoms in total. The highest BCUT2D eigenvalue weighted by atomic mass is 16.1. The van der Waals surface area contributed by atoms with Gasteiger partial charge in [0.1, 0.15) is 5.78 Å². The van der Waals surface area contributed by atoms with Gasteiger partial charge in [-0.05, 0) is 18.8 Å². The third-order valence-electron chi connectivity index (χ3n) is 2.11. The molecule has 0 unspecified atom stereocenters. The summed E-state index contributed by atoms with van der Waals surface area (Å²) in [7, 11) is 0. The Morgan fingerprint density at radius 3 is 1.91 bits per heavy atom. The highest BCUT2D eigenvalue weighted by molar-refractivity contribution is 5.78. The van der Waals surface area contributed by atoms with Crippen LogP contribution in [0.25, 0.3) is 0 Å². The molecule has 0 aliphatic rings. The van der Waals surface area contributed by atoms with Gasteiger partial charge in [-0.2, -0.15) is 0 Å². The van der Waals surface area contributed by atoms with Crippen LogP contribution in [0.5, 0.6) is 0 Å². The van der Waals surface area contributed by atoms with Gasteiger partial charge in [-0.3, -0.25) is 4.79 Å². The first-order valence-electron chi connectivity index (χ1n) is 4.40. The number of carbonyl (C=O) groups is 1. The van der Waals surface area contributed by atoms with Crippen LogP contribution in [0.15, 0.2) is 0 Å². The van der Waals surface area contributed by atoms with Crippen molar-refractivity contribution in [1.29, 1.82) is 0 Å². The van der Waals surface area contributed by atoms with Gasteiger partial charge in [0.15, 0.2) is 0 Å². The van der Waals surface area contributed by atoms with Crippen LogP contribution in [0.2, 0.25) is 0 Å². The maximum Gasteiger partial charge on any atom is 0.133 e. The van der Waals surface area contributed by atoms with E-state index in [9.17, 15) is 4.79 Å². The summed E-state index contributed by atoms with van der Waals surface area (Å²) in [6.07, 6.45) is 2.13. The van der Waals surface area contributed by atoms with Crippen molar-refractivity contribution in [2.45, 2.75) is 47.5 Å². The van der Waals surface area contributed by atoms with Crippen LogP contribution in [0, 0.1) is 11.3 Å². The van der Waals surface area contributed by atoms with Crippen molar-refractivity contribution in [2.75, 3.05) is 0 Å². The normalized spacial score (nSPS) is 14.6. The molecule has 0 aromatic rings. The summed E-state index contributed by atoms with van der Waals surface area (Å²) in [6.45, 7) is 10.2. The molecule has 0 rings (SSSR count). The van der Waals surface area contributed by atoms with E-state index in [0.717, 1.165) is 12.8 Å². The summed E-state index contributed by atoms with van der Waals surface area (Å²) in [5, 5.41) is 0. The molecule has 0 N–H and O–H groups in total. The highest BCUT2D eigenvalue weighted by Gasteiger charge is 2.27. The average molecular weight is 156 g/mol. The summed E-state index contributed by atoms with van der Waals surface area (Å²) >= 11 is 0. The SMILES string of the molecule is CCC[C@H](C(C)=O)C(C)(C)C.